The van der Waals surface area contributed by atoms with Crippen LogP contribution in [0.2, 0.25) is 0 Å². The topological polar surface area (TPSA) is 109 Å². The molecule has 3 aromatic rings. The van der Waals surface area contributed by atoms with Gasteiger partial charge in [-0.2, -0.15) is 0 Å². The van der Waals surface area contributed by atoms with E-state index in [2.05, 4.69) is 15.6 Å². The van der Waals surface area contributed by atoms with E-state index >= 15 is 0 Å². The van der Waals surface area contributed by atoms with E-state index in [1.807, 2.05) is 19.1 Å². The average Bonchev–Trinajstić information content (AvgIpc) is 3.07. The minimum atomic E-state index is -0.671. The first kappa shape index (κ1) is 20.7. The molecule has 0 radical (unpaired) electrons. The first-order valence-corrected chi connectivity index (χ1v) is 9.18. The molecule has 0 atom stereocenters. The van der Waals surface area contributed by atoms with Crippen LogP contribution in [0.15, 0.2) is 58.4 Å². The Morgan fingerprint density at radius 1 is 1.17 bits per heavy atom. The Hall–Kier alpha value is -4.01. The van der Waals surface area contributed by atoms with Crippen LogP contribution in [-0.4, -0.2) is 42.1 Å². The SMILES string of the molecule is CNC(=O)c1c(=O)n(N=Cc2ccc(OC)cc2)[nH][n+]1CC(=O)c1ccc(C)cc1. The van der Waals surface area contributed by atoms with Gasteiger partial charge in [0.25, 0.3) is 0 Å². The van der Waals surface area contributed by atoms with Crippen molar-refractivity contribution in [2.75, 3.05) is 14.2 Å². The van der Waals surface area contributed by atoms with Crippen molar-refractivity contribution in [3.05, 3.63) is 81.3 Å². The van der Waals surface area contributed by atoms with Crippen molar-refractivity contribution < 1.29 is 19.0 Å². The molecule has 2 N–H and O–H groups in total. The van der Waals surface area contributed by atoms with Gasteiger partial charge in [0.1, 0.15) is 5.75 Å². The molecule has 1 amide bonds. The van der Waals surface area contributed by atoms with Crippen LogP contribution in [0.1, 0.15) is 32.0 Å². The highest BCUT2D eigenvalue weighted by molar-refractivity contribution is 5.95. The van der Waals surface area contributed by atoms with Gasteiger partial charge in [0.05, 0.1) is 13.3 Å². The molecule has 1 aromatic heterocycles. The molecule has 0 saturated carbocycles. The molecule has 154 valence electrons. The molecule has 0 aliphatic carbocycles. The van der Waals surface area contributed by atoms with Gasteiger partial charge in [-0.1, -0.05) is 40.1 Å². The van der Waals surface area contributed by atoms with Gasteiger partial charge in [-0.3, -0.25) is 9.59 Å². The molecule has 0 fully saturated rings. The number of carbonyl (C=O) groups excluding carboxylic acids is 2. The molecule has 3 rings (SSSR count). The quantitative estimate of drug-likeness (QED) is 0.344. The number of amides is 1. The number of methoxy groups -OCH3 is 1. The highest BCUT2D eigenvalue weighted by Gasteiger charge is 2.29. The lowest BCUT2D eigenvalue weighted by Gasteiger charge is -2.00. The number of aryl methyl sites for hydroxylation is 1. The Morgan fingerprint density at radius 2 is 1.83 bits per heavy atom. The number of benzene rings is 2. The van der Waals surface area contributed by atoms with E-state index < -0.39 is 11.5 Å². The van der Waals surface area contributed by atoms with E-state index in [0.717, 1.165) is 15.9 Å². The predicted molar refractivity (Wildman–Crippen MR) is 110 cm³/mol. The Kier molecular flexibility index (Phi) is 6.21. The number of aromatic nitrogens is 3. The molecule has 2 aromatic carbocycles. The van der Waals surface area contributed by atoms with Crippen LogP contribution >= 0.6 is 0 Å². The van der Waals surface area contributed by atoms with Gasteiger partial charge in [0, 0.05) is 17.4 Å². The van der Waals surface area contributed by atoms with Crippen LogP contribution in [0.4, 0.5) is 0 Å². The van der Waals surface area contributed by atoms with Crippen LogP contribution < -0.4 is 20.3 Å². The lowest BCUT2D eigenvalue weighted by atomic mass is 10.1. The number of hydrogen-bond donors (Lipinski definition) is 2. The summed E-state index contributed by atoms with van der Waals surface area (Å²) in [5.74, 6) is -0.178. The second kappa shape index (κ2) is 8.99. The lowest BCUT2D eigenvalue weighted by molar-refractivity contribution is -0.744. The highest BCUT2D eigenvalue weighted by atomic mass is 16.5. The number of rotatable bonds is 7. The molecule has 0 aliphatic rings. The second-order valence-corrected chi connectivity index (χ2v) is 6.54. The molecule has 0 saturated heterocycles. The van der Waals surface area contributed by atoms with Crippen molar-refractivity contribution >= 4 is 17.9 Å². The number of nitrogens with zero attached hydrogens (tertiary/aromatic N) is 3. The minimum Gasteiger partial charge on any atom is -0.497 e. The summed E-state index contributed by atoms with van der Waals surface area (Å²) in [7, 11) is 2.98. The lowest BCUT2D eigenvalue weighted by Crippen LogP contribution is -2.48. The molecule has 0 unspecified atom stereocenters. The molecular weight excluding hydrogens is 386 g/mol. The van der Waals surface area contributed by atoms with Crippen molar-refractivity contribution in [3.63, 3.8) is 0 Å². The molecule has 0 bridgehead atoms. The number of ether oxygens (including phenoxy) is 1. The Balaban J connectivity index is 1.91. The molecule has 0 aliphatic heterocycles. The zero-order valence-corrected chi connectivity index (χ0v) is 16.9. The molecule has 30 heavy (non-hydrogen) atoms. The van der Waals surface area contributed by atoms with Crippen molar-refractivity contribution in [3.8, 4) is 5.75 Å². The van der Waals surface area contributed by atoms with Crippen LogP contribution in [-0.2, 0) is 6.54 Å². The van der Waals surface area contributed by atoms with Crippen LogP contribution in [0, 0.1) is 6.92 Å². The maximum absolute atomic E-state index is 12.7. The standard InChI is InChI=1S/C21H21N5O4/c1-14-4-8-16(9-5-14)18(27)13-25-19(20(28)22-2)21(29)26(24-25)23-12-15-6-10-17(30-3)11-7-15/h4-12H,13H2,1-3H3,(H-,22,24,28,29)/p+1. The van der Waals surface area contributed by atoms with Crippen molar-refractivity contribution in [2.45, 2.75) is 13.5 Å². The number of aromatic amines is 1. The zero-order valence-electron chi connectivity index (χ0n) is 16.9. The number of Topliss-reactive ketones (excluding diaryl/α,β-unsaturated/α-hetero) is 1. The van der Waals surface area contributed by atoms with Crippen molar-refractivity contribution in [1.82, 2.24) is 15.3 Å². The number of nitrogens with one attached hydrogen (secondary N) is 2. The number of hydrogen-bond acceptors (Lipinski definition) is 5. The number of H-pyrrole nitrogens is 1. The molecule has 1 heterocycles. The van der Waals surface area contributed by atoms with Gasteiger partial charge in [-0.15, -0.1) is 4.68 Å². The second-order valence-electron chi connectivity index (χ2n) is 6.54. The van der Waals surface area contributed by atoms with Gasteiger partial charge >= 0.3 is 17.2 Å². The third-order valence-corrected chi connectivity index (χ3v) is 4.44. The van der Waals surface area contributed by atoms with E-state index in [4.69, 9.17) is 4.74 Å². The van der Waals surface area contributed by atoms with Gasteiger partial charge in [0.15, 0.2) is 6.54 Å². The number of ketones is 1. The van der Waals surface area contributed by atoms with Gasteiger partial charge in [-0.25, -0.2) is 4.79 Å². The maximum atomic E-state index is 12.7. The van der Waals surface area contributed by atoms with Crippen molar-refractivity contribution in [1.29, 1.82) is 0 Å². The smallest absolute Gasteiger partial charge is 0.432 e. The van der Waals surface area contributed by atoms with Crippen LogP contribution in [0.25, 0.3) is 0 Å². The van der Waals surface area contributed by atoms with E-state index in [1.54, 1.807) is 43.5 Å². The molecule has 9 nitrogen and oxygen atoms in total. The predicted octanol–water partition coefficient (Wildman–Crippen LogP) is 0.906. The maximum Gasteiger partial charge on any atom is 0.432 e. The van der Waals surface area contributed by atoms with E-state index in [9.17, 15) is 14.4 Å². The summed E-state index contributed by atoms with van der Waals surface area (Å²) in [5, 5.41) is 9.19. The van der Waals surface area contributed by atoms with Gasteiger partial charge in [0.2, 0.25) is 5.78 Å². The average molecular weight is 408 g/mol. The van der Waals surface area contributed by atoms with Gasteiger partial charge in [-0.05, 0) is 36.8 Å². The number of carbonyl (C=O) groups is 2. The summed E-state index contributed by atoms with van der Waals surface area (Å²) < 4.78 is 6.29. The summed E-state index contributed by atoms with van der Waals surface area (Å²) >= 11 is 0. The van der Waals surface area contributed by atoms with Crippen LogP contribution in [0.3, 0.4) is 0 Å². The zero-order chi connectivity index (χ0) is 21.7. The Bertz CT molecular complexity index is 1140. The fourth-order valence-electron chi connectivity index (χ4n) is 2.75. The summed E-state index contributed by atoms with van der Waals surface area (Å²) in [6.07, 6.45) is 1.46. The minimum absolute atomic E-state index is 0.216. The van der Waals surface area contributed by atoms with Crippen LogP contribution in [0.5, 0.6) is 5.75 Å². The third-order valence-electron chi connectivity index (χ3n) is 4.44. The fourth-order valence-corrected chi connectivity index (χ4v) is 2.75. The fraction of sp³-hybridized carbons (Fsp3) is 0.190. The highest BCUT2D eigenvalue weighted by Crippen LogP contribution is 2.09. The van der Waals surface area contributed by atoms with E-state index in [0.29, 0.717) is 11.3 Å². The molecular formula is C21H22N5O4+. The van der Waals surface area contributed by atoms with Gasteiger partial charge < -0.3 is 10.1 Å². The molecule has 0 spiro atoms. The first-order chi connectivity index (χ1) is 14.4. The summed E-state index contributed by atoms with van der Waals surface area (Å²) in [5.41, 5.74) is 1.34. The van der Waals surface area contributed by atoms with E-state index in [1.165, 1.54) is 17.9 Å². The first-order valence-electron chi connectivity index (χ1n) is 9.18. The normalized spacial score (nSPS) is 10.9. The Morgan fingerprint density at radius 3 is 2.43 bits per heavy atom. The largest absolute Gasteiger partial charge is 0.497 e. The van der Waals surface area contributed by atoms with Crippen molar-refractivity contribution in [2.24, 2.45) is 5.10 Å². The molecule has 9 heteroatoms. The van der Waals surface area contributed by atoms with E-state index in [-0.39, 0.29) is 18.0 Å². The third kappa shape index (κ3) is 4.52. The summed E-state index contributed by atoms with van der Waals surface area (Å²) in [6.45, 7) is 1.71. The monoisotopic (exact) mass is 408 g/mol. The Labute approximate surface area is 172 Å². The summed E-state index contributed by atoms with van der Waals surface area (Å²) in [4.78, 5) is 38.4. The summed E-state index contributed by atoms with van der Waals surface area (Å²) in [6, 6.07) is 14.1.